The van der Waals surface area contributed by atoms with Crippen LogP contribution in [0.4, 0.5) is 10.5 Å². The van der Waals surface area contributed by atoms with Gasteiger partial charge in [0.25, 0.3) is 21.9 Å². The van der Waals surface area contributed by atoms with Gasteiger partial charge in [-0.1, -0.05) is 105 Å². The number of likely N-dealkylation sites (tertiary alicyclic amines) is 1. The van der Waals surface area contributed by atoms with Crippen LogP contribution in [0.3, 0.4) is 0 Å². The number of benzene rings is 2. The zero-order valence-electron chi connectivity index (χ0n) is 69.4. The molecular formula is C78H119N11O28S. The number of hydrogen-bond acceptors (Lipinski definition) is 26. The van der Waals surface area contributed by atoms with Gasteiger partial charge in [0.15, 0.2) is 6.10 Å². The molecule has 3 aliphatic rings. The predicted octanol–water partition coefficient (Wildman–Crippen LogP) is -0.339. The van der Waals surface area contributed by atoms with E-state index >= 15 is 0 Å². The molecule has 2 aromatic rings. The maximum absolute atomic E-state index is 15.0. The molecule has 39 nitrogen and oxygen atoms in total. The van der Waals surface area contributed by atoms with Gasteiger partial charge < -0.3 is 106 Å². The summed E-state index contributed by atoms with van der Waals surface area (Å²) in [7, 11) is 1.04. The number of carboxylic acid groups (broad SMARTS) is 1. The van der Waals surface area contributed by atoms with Gasteiger partial charge in [-0.3, -0.25) is 67.1 Å². The molecule has 5 rings (SSSR count). The number of methoxy groups -OCH3 is 2. The number of rotatable bonds is 47. The Hall–Kier alpha value is -9.36. The highest BCUT2D eigenvalue weighted by molar-refractivity contribution is 7.85. The average molecular weight is 1690 g/mol. The number of aliphatic hydroxyl groups excluding tert-OH is 4. The molecule has 13 N–H and O–H groups in total. The standard InChI is InChI=1S/C78H119N11O28S/c1-16-44(8)63(54(111-14)38-59(94)88-31-20-23-52(88)68(112-15)45(9)70(99)80-46(10)64(95)49-21-18-17-19-22-49)86(12)75(104)61(42(4)5)85-74(103)62(43(6)7)87(13)78(107)115-39-48-24-25-50(53(37-48)116-77-67(98)65(96)66(97)69(117-77)76(105)106)83-71(100)47(11)81-73(102)60(41(2)3)84-56(91)29-33-113-35-36-114-34-30-79-72(101)51(40-118(108,109)110)82-55(90)28-32-89-57(92)26-27-58(89)93/h17-19,21-22,24-27,37,41-47,51-52,54,60-69,77,95-98H,16,20,23,28-36,38-40H2,1-15H3,(H,79,101)(H,80,99)(H,81,102)(H,82,90)(H,83,100)(H,84,91)(H,85,103)(H,105,106)(H,108,109,110)/t44-,45+,46+,47-,51-,52-,54+,60-,61-,62-,63-,64+,65-,66-,67+,68+,69-,77+/m0/s1. The van der Waals surface area contributed by atoms with E-state index in [4.69, 9.17) is 33.2 Å². The highest BCUT2D eigenvalue weighted by Gasteiger charge is 2.49. The molecule has 2 fully saturated rings. The number of carbonyl (C=O) groups is 13. The molecule has 18 atom stereocenters. The van der Waals surface area contributed by atoms with Crippen LogP contribution >= 0.6 is 0 Å². The number of carboxylic acids is 1. The van der Waals surface area contributed by atoms with Crippen molar-refractivity contribution in [3.8, 4) is 5.75 Å². The Morgan fingerprint density at radius 3 is 1.90 bits per heavy atom. The fourth-order valence-electron chi connectivity index (χ4n) is 13.8. The van der Waals surface area contributed by atoms with Crippen LogP contribution in [0.2, 0.25) is 0 Å². The van der Waals surface area contributed by atoms with Crippen LogP contribution in [0.5, 0.6) is 5.75 Å². The Bertz CT molecular complexity index is 3900. The molecule has 0 aromatic heterocycles. The van der Waals surface area contributed by atoms with E-state index in [1.807, 2.05) is 19.9 Å². The number of hydrogen-bond donors (Lipinski definition) is 13. The van der Waals surface area contributed by atoms with E-state index in [1.165, 1.54) is 51.3 Å². The lowest BCUT2D eigenvalue weighted by Gasteiger charge is -2.41. The van der Waals surface area contributed by atoms with Gasteiger partial charge in [-0.05, 0) is 73.6 Å². The van der Waals surface area contributed by atoms with E-state index in [2.05, 4.69) is 37.2 Å². The Labute approximate surface area is 686 Å². The van der Waals surface area contributed by atoms with Crippen LogP contribution in [0.25, 0.3) is 0 Å². The summed E-state index contributed by atoms with van der Waals surface area (Å²) in [4.78, 5) is 179. The molecule has 118 heavy (non-hydrogen) atoms. The van der Waals surface area contributed by atoms with Crippen LogP contribution < -0.4 is 42.0 Å². The molecule has 12 amide bonds. The third-order valence-corrected chi connectivity index (χ3v) is 21.5. The Morgan fingerprint density at radius 2 is 1.31 bits per heavy atom. The van der Waals surface area contributed by atoms with Crippen molar-refractivity contribution < 1.29 is 134 Å². The molecule has 2 aromatic carbocycles. The topological polar surface area (TPSA) is 539 Å². The van der Waals surface area contributed by atoms with Crippen molar-refractivity contribution in [2.45, 2.75) is 219 Å². The van der Waals surface area contributed by atoms with Gasteiger partial charge in [0.05, 0.1) is 80.9 Å². The molecule has 0 radical (unpaired) electrons. The lowest BCUT2D eigenvalue weighted by molar-refractivity contribution is -0.271. The van der Waals surface area contributed by atoms with Gasteiger partial charge in [-0.25, -0.2) is 9.59 Å². The summed E-state index contributed by atoms with van der Waals surface area (Å²) in [6, 6.07) is 4.12. The Balaban J connectivity index is 1.19. The zero-order valence-corrected chi connectivity index (χ0v) is 70.2. The monoisotopic (exact) mass is 1690 g/mol. The smallest absolute Gasteiger partial charge is 0.410 e. The number of aliphatic carboxylic acids is 1. The molecule has 3 aliphatic heterocycles. The second-order valence-corrected chi connectivity index (χ2v) is 32.1. The van der Waals surface area contributed by atoms with E-state index < -0.39 is 215 Å². The number of nitrogens with zero attached hydrogens (tertiary/aromatic N) is 4. The van der Waals surface area contributed by atoms with Crippen molar-refractivity contribution in [2.75, 3.05) is 85.4 Å². The molecular weight excluding hydrogens is 1570 g/mol. The van der Waals surface area contributed by atoms with Crippen LogP contribution in [0.1, 0.15) is 132 Å². The van der Waals surface area contributed by atoms with Gasteiger partial charge in [-0.15, -0.1) is 0 Å². The van der Waals surface area contributed by atoms with E-state index in [9.17, 15) is 101 Å². The van der Waals surface area contributed by atoms with Crippen molar-refractivity contribution in [3.05, 3.63) is 71.8 Å². The molecule has 0 unspecified atom stereocenters. The summed E-state index contributed by atoms with van der Waals surface area (Å²) in [5.74, 6) is -13.4. The van der Waals surface area contributed by atoms with Gasteiger partial charge in [-0.2, -0.15) is 8.42 Å². The summed E-state index contributed by atoms with van der Waals surface area (Å²) >= 11 is 0. The highest BCUT2D eigenvalue weighted by atomic mass is 32.2. The molecule has 0 spiro atoms. The second kappa shape index (κ2) is 46.9. The number of carbonyl (C=O) groups excluding carboxylic acids is 12. The van der Waals surface area contributed by atoms with E-state index in [1.54, 1.807) is 91.6 Å². The molecule has 0 saturated carbocycles. The molecule has 2 saturated heterocycles. The van der Waals surface area contributed by atoms with Crippen LogP contribution in [0, 0.1) is 29.6 Å². The number of amides is 12. The van der Waals surface area contributed by atoms with Crippen molar-refractivity contribution in [1.29, 1.82) is 0 Å². The number of ether oxygens (including phenoxy) is 7. The summed E-state index contributed by atoms with van der Waals surface area (Å²) in [6.45, 7) is 17.5. The first-order valence-electron chi connectivity index (χ1n) is 39.2. The molecule has 40 heteroatoms. The largest absolute Gasteiger partial charge is 0.479 e. The lowest BCUT2D eigenvalue weighted by Crippen LogP contribution is -2.61. The SMILES string of the molecule is CC[C@H](C)[C@@H]([C@@H](CC(=O)N1CCC[C@H]1[C@H](OC)[C@@H](C)C(=O)N[C@H](C)[C@@H](O)c1ccccc1)OC)N(C)C(=O)[C@@H](NC(=O)[C@H](C(C)C)N(C)C(=O)OCc1ccc(NC(=O)[C@H](C)NC(=O)[C@@H](NC(=O)CCOCCOCCNC(=O)[C@H](CS(=O)(=O)O)NC(=O)CCN2C(=O)C=CC2=O)C(C)C)c(O[C@@H]2O[C@H](C(=O)O)[C@@H](O)[C@H](O)[C@H]2O)c1)C(C)C. The third-order valence-electron chi connectivity index (χ3n) is 20.7. The van der Waals surface area contributed by atoms with E-state index in [-0.39, 0.29) is 87.1 Å². The van der Waals surface area contributed by atoms with E-state index in [0.29, 0.717) is 31.4 Å². The minimum Gasteiger partial charge on any atom is -0.479 e. The van der Waals surface area contributed by atoms with Crippen molar-refractivity contribution in [2.24, 2.45) is 29.6 Å². The maximum atomic E-state index is 15.0. The first kappa shape index (κ1) is 99.2. The zero-order chi connectivity index (χ0) is 88.3. The van der Waals surface area contributed by atoms with Crippen molar-refractivity contribution >= 4 is 92.8 Å². The van der Waals surface area contributed by atoms with Gasteiger partial charge in [0.2, 0.25) is 59.5 Å². The van der Waals surface area contributed by atoms with E-state index in [0.717, 1.165) is 22.0 Å². The highest BCUT2D eigenvalue weighted by Crippen LogP contribution is 2.34. The molecule has 3 heterocycles. The van der Waals surface area contributed by atoms with Crippen molar-refractivity contribution in [1.82, 2.24) is 51.5 Å². The van der Waals surface area contributed by atoms with Crippen LogP contribution in [-0.4, -0.2) is 307 Å². The number of likely N-dealkylation sites (N-methyl/N-ethyl adjacent to an activating group) is 2. The quantitative estimate of drug-likeness (QED) is 0.0229. The number of anilines is 1. The molecule has 660 valence electrons. The Kier molecular flexibility index (Phi) is 39.4. The number of aliphatic hydroxyl groups is 4. The fraction of sp³-hybridized carbons (Fsp3) is 0.654. The number of imide groups is 1. The first-order chi connectivity index (χ1) is 55.5. The summed E-state index contributed by atoms with van der Waals surface area (Å²) in [5, 5.41) is 71.0. The molecule has 0 aliphatic carbocycles. The second-order valence-electron chi connectivity index (χ2n) is 30.6. The number of nitrogens with one attached hydrogen (secondary N) is 7. The molecule has 0 bridgehead atoms. The summed E-state index contributed by atoms with van der Waals surface area (Å²) < 4.78 is 72.5. The summed E-state index contributed by atoms with van der Waals surface area (Å²) in [5.41, 5.74) is 0.535. The van der Waals surface area contributed by atoms with Crippen molar-refractivity contribution in [3.63, 3.8) is 0 Å². The van der Waals surface area contributed by atoms with Gasteiger partial charge in [0.1, 0.15) is 66.6 Å². The van der Waals surface area contributed by atoms with Crippen LogP contribution in [-0.2, 0) is 103 Å². The van der Waals surface area contributed by atoms with Crippen LogP contribution in [0.15, 0.2) is 60.7 Å². The van der Waals surface area contributed by atoms with Gasteiger partial charge in [0, 0.05) is 72.9 Å². The Morgan fingerprint density at radius 1 is 0.686 bits per heavy atom. The average Bonchev–Trinajstić information content (AvgIpc) is 1.32. The maximum Gasteiger partial charge on any atom is 0.410 e. The first-order valence-corrected chi connectivity index (χ1v) is 40.8. The minimum absolute atomic E-state index is 0.0549. The van der Waals surface area contributed by atoms with Gasteiger partial charge >= 0.3 is 12.1 Å². The lowest BCUT2D eigenvalue weighted by atomic mass is 9.89. The normalized spacial score (nSPS) is 20.5. The predicted molar refractivity (Wildman–Crippen MR) is 421 cm³/mol. The third kappa shape index (κ3) is 28.7. The minimum atomic E-state index is -4.77. The summed E-state index contributed by atoms with van der Waals surface area (Å²) in [6.07, 6.45) is -11.3. The fourth-order valence-corrected chi connectivity index (χ4v) is 14.5.